The molecular weight excluding hydrogens is 253 g/mol. The number of hydrogen-bond acceptors (Lipinski definition) is 2. The van der Waals surface area contributed by atoms with Crippen LogP contribution in [0.1, 0.15) is 5.56 Å². The molecule has 0 saturated heterocycles. The third-order valence-corrected chi connectivity index (χ3v) is 2.40. The number of nitrogens with one attached hydrogen (secondary N) is 1. The maximum atomic E-state index is 12.7. The molecule has 0 amide bonds. The van der Waals surface area contributed by atoms with Crippen molar-refractivity contribution in [2.75, 3.05) is 32.5 Å². The van der Waals surface area contributed by atoms with Crippen molar-refractivity contribution >= 4 is 17.3 Å². The summed E-state index contributed by atoms with van der Waals surface area (Å²) >= 11 is 5.57. The van der Waals surface area contributed by atoms with Gasteiger partial charge in [0, 0.05) is 23.8 Å². The Hall–Kier alpha value is -0.940. The second-order valence-electron chi connectivity index (χ2n) is 3.92. The molecule has 1 rings (SSSR count). The van der Waals surface area contributed by atoms with Gasteiger partial charge in [0.25, 0.3) is 0 Å². The smallest absolute Gasteiger partial charge is 0.383 e. The van der Waals surface area contributed by atoms with Gasteiger partial charge in [0.15, 0.2) is 0 Å². The van der Waals surface area contributed by atoms with Crippen molar-refractivity contribution in [1.82, 2.24) is 4.90 Å². The number of likely N-dealkylation sites (N-methyl/N-ethyl adjacent to an activating group) is 1. The molecule has 0 fully saturated rings. The zero-order valence-electron chi connectivity index (χ0n) is 9.61. The first-order chi connectivity index (χ1) is 7.80. The molecule has 1 N–H and O–H groups in total. The summed E-state index contributed by atoms with van der Waals surface area (Å²) in [4.78, 5) is 1.89. The number of benzene rings is 1. The van der Waals surface area contributed by atoms with Crippen molar-refractivity contribution in [2.24, 2.45) is 0 Å². The van der Waals surface area contributed by atoms with Crippen LogP contribution in [0.15, 0.2) is 18.2 Å². The Balaban J connectivity index is 2.84. The molecule has 6 heteroatoms. The number of rotatable bonds is 4. The molecule has 0 saturated carbocycles. The van der Waals surface area contributed by atoms with Gasteiger partial charge in [-0.25, -0.2) is 0 Å². The van der Waals surface area contributed by atoms with Crippen LogP contribution in [-0.2, 0) is 6.18 Å². The SMILES string of the molecule is CN(C)CCNc1ccc(Cl)cc1C(F)(F)F. The molecule has 0 atom stereocenters. The Kier molecular flexibility index (Phi) is 4.65. The van der Waals surface area contributed by atoms with Crippen molar-refractivity contribution in [3.8, 4) is 0 Å². The average Bonchev–Trinajstić information content (AvgIpc) is 2.18. The molecule has 0 bridgehead atoms. The molecule has 0 radical (unpaired) electrons. The van der Waals surface area contributed by atoms with Gasteiger partial charge in [0.1, 0.15) is 0 Å². The van der Waals surface area contributed by atoms with Gasteiger partial charge in [0.2, 0.25) is 0 Å². The second-order valence-corrected chi connectivity index (χ2v) is 4.35. The van der Waals surface area contributed by atoms with Crippen LogP contribution in [0.3, 0.4) is 0 Å². The van der Waals surface area contributed by atoms with Crippen LogP contribution in [0.2, 0.25) is 5.02 Å². The van der Waals surface area contributed by atoms with Crippen LogP contribution in [0.25, 0.3) is 0 Å². The highest BCUT2D eigenvalue weighted by atomic mass is 35.5. The Morgan fingerprint density at radius 1 is 1.29 bits per heavy atom. The van der Waals surface area contributed by atoms with Gasteiger partial charge in [-0.1, -0.05) is 11.6 Å². The minimum atomic E-state index is -4.40. The summed E-state index contributed by atoms with van der Waals surface area (Å²) in [5.41, 5.74) is -0.674. The largest absolute Gasteiger partial charge is 0.418 e. The summed E-state index contributed by atoms with van der Waals surface area (Å²) in [6, 6.07) is 3.72. The first kappa shape index (κ1) is 14.1. The van der Waals surface area contributed by atoms with E-state index in [-0.39, 0.29) is 10.7 Å². The minimum absolute atomic E-state index is 0.0590. The number of nitrogens with zero attached hydrogens (tertiary/aromatic N) is 1. The van der Waals surface area contributed by atoms with Crippen molar-refractivity contribution in [1.29, 1.82) is 0 Å². The average molecular weight is 267 g/mol. The zero-order chi connectivity index (χ0) is 13.1. The van der Waals surface area contributed by atoms with Crippen LogP contribution < -0.4 is 5.32 Å². The van der Waals surface area contributed by atoms with Crippen LogP contribution in [0, 0.1) is 0 Å². The van der Waals surface area contributed by atoms with Crippen LogP contribution in [-0.4, -0.2) is 32.1 Å². The molecule has 0 aliphatic heterocycles. The van der Waals surface area contributed by atoms with E-state index in [1.165, 1.54) is 12.1 Å². The third-order valence-electron chi connectivity index (χ3n) is 2.16. The third kappa shape index (κ3) is 4.44. The maximum Gasteiger partial charge on any atom is 0.418 e. The summed E-state index contributed by atoms with van der Waals surface area (Å²) in [6.45, 7) is 1.09. The number of hydrogen-bond donors (Lipinski definition) is 1. The van der Waals surface area contributed by atoms with E-state index in [0.717, 1.165) is 6.07 Å². The number of alkyl halides is 3. The highest BCUT2D eigenvalue weighted by Gasteiger charge is 2.33. The van der Waals surface area contributed by atoms with Gasteiger partial charge >= 0.3 is 6.18 Å². The van der Waals surface area contributed by atoms with Gasteiger partial charge < -0.3 is 10.2 Å². The Morgan fingerprint density at radius 2 is 1.94 bits per heavy atom. The predicted molar refractivity (Wildman–Crippen MR) is 63.5 cm³/mol. The van der Waals surface area contributed by atoms with Crippen molar-refractivity contribution in [3.63, 3.8) is 0 Å². The normalized spacial score (nSPS) is 11.9. The fourth-order valence-electron chi connectivity index (χ4n) is 1.32. The fourth-order valence-corrected chi connectivity index (χ4v) is 1.49. The van der Waals surface area contributed by atoms with Gasteiger partial charge in [-0.05, 0) is 32.3 Å². The summed E-state index contributed by atoms with van der Waals surface area (Å²) in [6.07, 6.45) is -4.40. The lowest BCUT2D eigenvalue weighted by Gasteiger charge is -2.16. The maximum absolute atomic E-state index is 12.7. The van der Waals surface area contributed by atoms with E-state index in [1.807, 2.05) is 19.0 Å². The van der Waals surface area contributed by atoms with Gasteiger partial charge in [-0.3, -0.25) is 0 Å². The first-order valence-corrected chi connectivity index (χ1v) is 5.44. The molecule has 0 aromatic heterocycles. The predicted octanol–water partition coefficient (Wildman–Crippen LogP) is 3.33. The van der Waals surface area contributed by atoms with Gasteiger partial charge in [-0.15, -0.1) is 0 Å². The molecule has 0 aliphatic rings. The summed E-state index contributed by atoms with van der Waals surface area (Å²) in [7, 11) is 3.71. The Bertz CT molecular complexity index is 377. The summed E-state index contributed by atoms with van der Waals surface area (Å²) in [5, 5.41) is 2.84. The van der Waals surface area contributed by atoms with E-state index < -0.39 is 11.7 Å². The van der Waals surface area contributed by atoms with E-state index in [2.05, 4.69) is 5.32 Å². The highest BCUT2D eigenvalue weighted by molar-refractivity contribution is 6.30. The molecule has 96 valence electrons. The highest BCUT2D eigenvalue weighted by Crippen LogP contribution is 2.36. The molecule has 1 aromatic carbocycles. The minimum Gasteiger partial charge on any atom is -0.383 e. The van der Waals surface area contributed by atoms with E-state index >= 15 is 0 Å². The van der Waals surface area contributed by atoms with E-state index in [0.29, 0.717) is 13.1 Å². The van der Waals surface area contributed by atoms with Crippen LogP contribution in [0.5, 0.6) is 0 Å². The van der Waals surface area contributed by atoms with Gasteiger partial charge in [0.05, 0.1) is 5.56 Å². The molecule has 0 unspecified atom stereocenters. The van der Waals surface area contributed by atoms with Crippen LogP contribution >= 0.6 is 11.6 Å². The molecule has 1 aromatic rings. The molecule has 17 heavy (non-hydrogen) atoms. The first-order valence-electron chi connectivity index (χ1n) is 5.06. The quantitative estimate of drug-likeness (QED) is 0.899. The fraction of sp³-hybridized carbons (Fsp3) is 0.455. The number of halogens is 4. The van der Waals surface area contributed by atoms with Crippen molar-refractivity contribution in [3.05, 3.63) is 28.8 Å². The lowest BCUT2D eigenvalue weighted by molar-refractivity contribution is -0.136. The topological polar surface area (TPSA) is 15.3 Å². The lowest BCUT2D eigenvalue weighted by Crippen LogP contribution is -2.22. The molecule has 0 aliphatic carbocycles. The van der Waals surface area contributed by atoms with E-state index in [4.69, 9.17) is 11.6 Å². The second kappa shape index (κ2) is 5.60. The Morgan fingerprint density at radius 3 is 2.47 bits per heavy atom. The monoisotopic (exact) mass is 266 g/mol. The summed E-state index contributed by atoms with van der Waals surface area (Å²) < 4.78 is 38.1. The van der Waals surface area contributed by atoms with Crippen molar-refractivity contribution < 1.29 is 13.2 Å². The molecule has 0 heterocycles. The van der Waals surface area contributed by atoms with Crippen LogP contribution in [0.4, 0.5) is 18.9 Å². The molecule has 0 spiro atoms. The zero-order valence-corrected chi connectivity index (χ0v) is 10.4. The molecular formula is C11H14ClF3N2. The summed E-state index contributed by atoms with van der Waals surface area (Å²) in [5.74, 6) is 0. The number of anilines is 1. The standard InChI is InChI=1S/C11H14ClF3N2/c1-17(2)6-5-16-10-4-3-8(12)7-9(10)11(13,14)15/h3-4,7,16H,5-6H2,1-2H3. The van der Waals surface area contributed by atoms with Crippen molar-refractivity contribution in [2.45, 2.75) is 6.18 Å². The lowest BCUT2D eigenvalue weighted by atomic mass is 10.1. The van der Waals surface area contributed by atoms with Gasteiger partial charge in [-0.2, -0.15) is 13.2 Å². The Labute approximate surface area is 103 Å². The van der Waals surface area contributed by atoms with E-state index in [9.17, 15) is 13.2 Å². The molecule has 2 nitrogen and oxygen atoms in total. The van der Waals surface area contributed by atoms with E-state index in [1.54, 1.807) is 0 Å².